The number of aromatic nitrogens is 1. The highest BCUT2D eigenvalue weighted by molar-refractivity contribution is 7.15. The molecule has 0 unspecified atom stereocenters. The molecule has 2 amide bonds. The van der Waals surface area contributed by atoms with E-state index in [2.05, 4.69) is 14.8 Å². The van der Waals surface area contributed by atoms with Crippen molar-refractivity contribution in [2.45, 2.75) is 69.9 Å². The molecule has 1 saturated carbocycles. The number of thiophene rings is 1. The summed E-state index contributed by atoms with van der Waals surface area (Å²) in [5, 5.41) is 4.35. The number of fused-ring (bicyclic) bond motifs is 5. The Bertz CT molecular complexity index is 1080. The molecule has 2 aromatic heterocycles. The maximum absolute atomic E-state index is 14.3. The van der Waals surface area contributed by atoms with Crippen LogP contribution in [-0.4, -0.2) is 71.6 Å². The first-order valence-corrected chi connectivity index (χ1v) is 14.3. The first-order valence-electron chi connectivity index (χ1n) is 13.4. The van der Waals surface area contributed by atoms with Crippen LogP contribution in [0.4, 0.5) is 0 Å². The smallest absolute Gasteiger partial charge is 0.258 e. The third-order valence-corrected chi connectivity index (χ3v) is 9.47. The van der Waals surface area contributed by atoms with Crippen LogP contribution in [-0.2, 0) is 22.4 Å². The average Bonchev–Trinajstić information content (AvgIpc) is 3.50. The zero-order valence-electron chi connectivity index (χ0n) is 20.5. The fourth-order valence-corrected chi connectivity index (χ4v) is 7.66. The van der Waals surface area contributed by atoms with Crippen LogP contribution in [0.1, 0.15) is 77.5 Å². The van der Waals surface area contributed by atoms with E-state index in [4.69, 9.17) is 4.74 Å². The molecule has 4 aliphatic rings. The normalized spacial score (nSPS) is 23.4. The molecule has 0 aromatic carbocycles. The Hall–Kier alpha value is -2.16. The maximum atomic E-state index is 14.3. The van der Waals surface area contributed by atoms with Gasteiger partial charge in [0.1, 0.15) is 5.00 Å². The lowest BCUT2D eigenvalue weighted by Gasteiger charge is -2.34. The summed E-state index contributed by atoms with van der Waals surface area (Å²) in [5.74, 6) is -0.00338. The molecule has 0 radical (unpaired) electrons. The van der Waals surface area contributed by atoms with Gasteiger partial charge in [-0.05, 0) is 56.2 Å². The third kappa shape index (κ3) is 4.45. The highest BCUT2D eigenvalue weighted by Gasteiger charge is 2.41. The van der Waals surface area contributed by atoms with Crippen molar-refractivity contribution in [1.82, 2.24) is 19.7 Å². The molecular weight excluding hydrogens is 460 g/mol. The number of amides is 2. The highest BCUT2D eigenvalue weighted by Crippen LogP contribution is 2.42. The van der Waals surface area contributed by atoms with Gasteiger partial charge in [0.05, 0.1) is 24.5 Å². The second kappa shape index (κ2) is 10.1. The molecule has 0 spiro atoms. The lowest BCUT2D eigenvalue weighted by atomic mass is 9.94. The molecule has 0 bridgehead atoms. The number of hydrogen-bond donors (Lipinski definition) is 1. The molecule has 2 fully saturated rings. The summed E-state index contributed by atoms with van der Waals surface area (Å²) in [7, 11) is 0. The van der Waals surface area contributed by atoms with E-state index in [1.807, 2.05) is 23.2 Å². The molecule has 8 heteroatoms. The van der Waals surface area contributed by atoms with Crippen molar-refractivity contribution in [1.29, 1.82) is 0 Å². The van der Waals surface area contributed by atoms with Crippen molar-refractivity contribution in [2.75, 3.05) is 39.4 Å². The zero-order valence-corrected chi connectivity index (χ0v) is 21.3. The molecule has 1 atom stereocenters. The van der Waals surface area contributed by atoms with Gasteiger partial charge in [0, 0.05) is 43.3 Å². The van der Waals surface area contributed by atoms with Gasteiger partial charge in [0.15, 0.2) is 6.04 Å². The minimum absolute atomic E-state index is 0.0279. The summed E-state index contributed by atoms with van der Waals surface area (Å²) < 4.78 is 7.66. The predicted molar refractivity (Wildman–Crippen MR) is 136 cm³/mol. The number of rotatable bonds is 5. The van der Waals surface area contributed by atoms with Crippen LogP contribution in [0.25, 0.3) is 5.00 Å². The number of nitrogens with zero attached hydrogens (tertiary/aromatic N) is 3. The van der Waals surface area contributed by atoms with Crippen molar-refractivity contribution in [2.24, 2.45) is 0 Å². The minimum Gasteiger partial charge on any atom is -0.379 e. The van der Waals surface area contributed by atoms with Gasteiger partial charge in [-0.2, -0.15) is 0 Å². The maximum Gasteiger partial charge on any atom is 0.258 e. The first kappa shape index (κ1) is 23.3. The van der Waals surface area contributed by atoms with Crippen LogP contribution in [0.15, 0.2) is 18.3 Å². The van der Waals surface area contributed by atoms with E-state index < -0.39 is 6.04 Å². The molecule has 2 aromatic rings. The van der Waals surface area contributed by atoms with Crippen LogP contribution in [0.3, 0.4) is 0 Å². The molecule has 2 aliphatic heterocycles. The van der Waals surface area contributed by atoms with Crippen LogP contribution in [0.2, 0.25) is 0 Å². The second-order valence-corrected chi connectivity index (χ2v) is 11.5. The monoisotopic (exact) mass is 496 g/mol. The van der Waals surface area contributed by atoms with Gasteiger partial charge in [-0.15, -0.1) is 11.3 Å². The molecule has 4 heterocycles. The van der Waals surface area contributed by atoms with Crippen LogP contribution in [0, 0.1) is 0 Å². The van der Waals surface area contributed by atoms with Gasteiger partial charge in [-0.3, -0.25) is 14.5 Å². The largest absolute Gasteiger partial charge is 0.379 e. The van der Waals surface area contributed by atoms with Gasteiger partial charge < -0.3 is 19.5 Å². The summed E-state index contributed by atoms with van der Waals surface area (Å²) in [5.41, 5.74) is 2.98. The zero-order chi connectivity index (χ0) is 23.8. The first-order chi connectivity index (χ1) is 17.2. The van der Waals surface area contributed by atoms with E-state index in [0.717, 1.165) is 94.1 Å². The molecule has 188 valence electrons. The lowest BCUT2D eigenvalue weighted by molar-refractivity contribution is -0.127. The number of ether oxygens (including phenoxy) is 1. The molecule has 2 aliphatic carbocycles. The van der Waals surface area contributed by atoms with E-state index in [1.165, 1.54) is 23.3 Å². The van der Waals surface area contributed by atoms with E-state index in [-0.39, 0.29) is 17.9 Å². The van der Waals surface area contributed by atoms with Crippen molar-refractivity contribution in [3.63, 3.8) is 0 Å². The number of nitrogens with one attached hydrogen (secondary N) is 1. The summed E-state index contributed by atoms with van der Waals surface area (Å²) in [4.78, 5) is 33.8. The van der Waals surface area contributed by atoms with Crippen molar-refractivity contribution >= 4 is 23.2 Å². The quantitative estimate of drug-likeness (QED) is 0.686. The standard InChI is InChI=1S/C27H36N4O3S/c32-25(28-19-7-2-1-3-8-19)24-21-10-6-12-30(21)27-23(20-9-4-5-11-22(20)35-27)26(33)31(24)14-13-29-15-17-34-18-16-29/h6,10,12,19,24H,1-5,7-9,11,13-18H2,(H,28,32)/t24-/m1/s1. The van der Waals surface area contributed by atoms with Crippen molar-refractivity contribution < 1.29 is 14.3 Å². The summed E-state index contributed by atoms with van der Waals surface area (Å²) in [6.45, 7) is 4.49. The second-order valence-electron chi connectivity index (χ2n) is 10.4. The molecule has 6 rings (SSSR count). The Labute approximate surface area is 211 Å². The minimum atomic E-state index is -0.612. The summed E-state index contributed by atoms with van der Waals surface area (Å²) in [6, 6.07) is 3.66. The van der Waals surface area contributed by atoms with Gasteiger partial charge in [0.25, 0.3) is 5.91 Å². The SMILES string of the molecule is O=C(NC1CCCCC1)[C@H]1c2cccn2-c2sc3c(c2C(=O)N1CCN1CCOCC1)CCCC3. The fraction of sp³-hybridized carbons (Fsp3) is 0.630. The summed E-state index contributed by atoms with van der Waals surface area (Å²) in [6.07, 6.45) is 12.0. The van der Waals surface area contributed by atoms with E-state index in [9.17, 15) is 9.59 Å². The summed E-state index contributed by atoms with van der Waals surface area (Å²) >= 11 is 1.76. The molecule has 35 heavy (non-hydrogen) atoms. The highest BCUT2D eigenvalue weighted by atomic mass is 32.1. The lowest BCUT2D eigenvalue weighted by Crippen LogP contribution is -2.49. The predicted octanol–water partition coefficient (Wildman–Crippen LogP) is 3.70. The number of hydrogen-bond acceptors (Lipinski definition) is 5. The number of morpholine rings is 1. The molecular formula is C27H36N4O3S. The van der Waals surface area contributed by atoms with Gasteiger partial charge in [-0.25, -0.2) is 0 Å². The Kier molecular flexibility index (Phi) is 6.69. The van der Waals surface area contributed by atoms with Gasteiger partial charge in [-0.1, -0.05) is 19.3 Å². The molecule has 1 N–H and O–H groups in total. The van der Waals surface area contributed by atoms with Crippen molar-refractivity contribution in [3.8, 4) is 5.00 Å². The van der Waals surface area contributed by atoms with E-state index in [0.29, 0.717) is 6.54 Å². The Morgan fingerprint density at radius 3 is 2.69 bits per heavy atom. The van der Waals surface area contributed by atoms with Gasteiger partial charge >= 0.3 is 0 Å². The van der Waals surface area contributed by atoms with Crippen LogP contribution < -0.4 is 5.32 Å². The van der Waals surface area contributed by atoms with Crippen LogP contribution >= 0.6 is 11.3 Å². The van der Waals surface area contributed by atoms with E-state index >= 15 is 0 Å². The average molecular weight is 497 g/mol. The Morgan fingerprint density at radius 2 is 1.86 bits per heavy atom. The number of carbonyl (C=O) groups is 2. The van der Waals surface area contributed by atoms with Crippen LogP contribution in [0.5, 0.6) is 0 Å². The fourth-order valence-electron chi connectivity index (χ4n) is 6.27. The topological polar surface area (TPSA) is 66.8 Å². The third-order valence-electron chi connectivity index (χ3n) is 8.18. The number of aryl methyl sites for hydroxylation is 1. The Balaban J connectivity index is 1.38. The molecule has 7 nitrogen and oxygen atoms in total. The van der Waals surface area contributed by atoms with Gasteiger partial charge in [0.2, 0.25) is 5.91 Å². The number of carbonyl (C=O) groups excluding carboxylic acids is 2. The molecule has 1 saturated heterocycles. The van der Waals surface area contributed by atoms with Crippen molar-refractivity contribution in [3.05, 3.63) is 40.0 Å². The van der Waals surface area contributed by atoms with E-state index in [1.54, 1.807) is 11.3 Å². The Morgan fingerprint density at radius 1 is 1.06 bits per heavy atom.